The van der Waals surface area contributed by atoms with Crippen molar-refractivity contribution in [2.45, 2.75) is 0 Å². The first-order chi connectivity index (χ1) is 11.2. The van der Waals surface area contributed by atoms with Crippen molar-refractivity contribution in [3.8, 4) is 11.8 Å². The van der Waals surface area contributed by atoms with Crippen molar-refractivity contribution in [2.24, 2.45) is 0 Å². The van der Waals surface area contributed by atoms with Crippen molar-refractivity contribution in [3.05, 3.63) is 72.3 Å². The summed E-state index contributed by atoms with van der Waals surface area (Å²) in [6.45, 7) is 7.58. The summed E-state index contributed by atoms with van der Waals surface area (Å²) in [5.41, 5.74) is 1.59. The number of benzene rings is 1. The van der Waals surface area contributed by atoms with Gasteiger partial charge in [-0.05, 0) is 42.3 Å². The van der Waals surface area contributed by atoms with Crippen LogP contribution in [0.5, 0.6) is 0 Å². The van der Waals surface area contributed by atoms with Gasteiger partial charge in [0.2, 0.25) is 0 Å². The van der Waals surface area contributed by atoms with Crippen LogP contribution in [0.3, 0.4) is 0 Å². The van der Waals surface area contributed by atoms with Crippen molar-refractivity contribution in [3.63, 3.8) is 0 Å². The minimum atomic E-state index is -0.250. The Morgan fingerprint density at radius 1 is 1.04 bits per heavy atom. The molecule has 0 amide bonds. The normalized spacial score (nSPS) is 14.1. The molecule has 1 fully saturated rings. The Hall–Kier alpha value is -2.80. The number of rotatable bonds is 2. The second kappa shape index (κ2) is 6.97. The molecular weight excluding hydrogens is 289 g/mol. The molecule has 0 N–H and O–H groups in total. The summed E-state index contributed by atoms with van der Waals surface area (Å²) in [4.78, 5) is 8.82. The number of anilines is 1. The molecule has 1 aliphatic heterocycles. The third-order valence-corrected chi connectivity index (χ3v) is 3.83. The molecule has 3 nitrogen and oxygen atoms in total. The first kappa shape index (κ1) is 15.1. The largest absolute Gasteiger partial charge is 0.362 e. The molecule has 116 valence electrons. The van der Waals surface area contributed by atoms with E-state index >= 15 is 0 Å². The number of halogens is 1. The fraction of sp³-hybridized carbons (Fsp3) is 0.211. The van der Waals surface area contributed by atoms with Gasteiger partial charge in [-0.25, -0.2) is 9.37 Å². The van der Waals surface area contributed by atoms with Crippen LogP contribution >= 0.6 is 0 Å². The van der Waals surface area contributed by atoms with Crippen LogP contribution in [0.2, 0.25) is 0 Å². The van der Waals surface area contributed by atoms with Crippen LogP contribution in [-0.2, 0) is 0 Å². The van der Waals surface area contributed by atoms with E-state index in [9.17, 15) is 4.39 Å². The van der Waals surface area contributed by atoms with Gasteiger partial charge >= 0.3 is 0 Å². The van der Waals surface area contributed by atoms with E-state index < -0.39 is 0 Å². The maximum Gasteiger partial charge on any atom is 0.128 e. The van der Waals surface area contributed by atoms with Crippen LogP contribution in [-0.4, -0.2) is 36.1 Å². The van der Waals surface area contributed by atoms with E-state index in [2.05, 4.69) is 33.2 Å². The molecule has 0 unspecified atom stereocenters. The fourth-order valence-electron chi connectivity index (χ4n) is 2.50. The zero-order valence-electron chi connectivity index (χ0n) is 12.9. The highest BCUT2D eigenvalue weighted by Crippen LogP contribution is 2.14. The lowest BCUT2D eigenvalue weighted by molar-refractivity contribution is 0.333. The van der Waals surface area contributed by atoms with Crippen molar-refractivity contribution in [1.29, 1.82) is 0 Å². The standard InChI is InChI=1S/C19H18FN3/c1-16(5-6-17-7-9-18(20)10-8-17)22-12-14-23(15-13-22)19-4-2-3-11-21-19/h2-4,7-11H,1,12-15H2. The molecule has 0 spiro atoms. The molecule has 1 aromatic heterocycles. The lowest BCUT2D eigenvalue weighted by Crippen LogP contribution is -2.45. The third kappa shape index (κ3) is 3.89. The molecule has 0 aliphatic carbocycles. The van der Waals surface area contributed by atoms with Gasteiger partial charge in [0.15, 0.2) is 0 Å². The summed E-state index contributed by atoms with van der Waals surface area (Å²) in [5, 5.41) is 0. The molecule has 3 rings (SSSR count). The molecule has 23 heavy (non-hydrogen) atoms. The predicted octanol–water partition coefficient (Wildman–Crippen LogP) is 2.91. The van der Waals surface area contributed by atoms with E-state index in [1.54, 1.807) is 12.1 Å². The van der Waals surface area contributed by atoms with Crippen LogP contribution < -0.4 is 4.90 Å². The molecule has 0 radical (unpaired) electrons. The highest BCUT2D eigenvalue weighted by Gasteiger charge is 2.17. The van der Waals surface area contributed by atoms with E-state index in [0.717, 1.165) is 43.3 Å². The molecule has 4 heteroatoms. The highest BCUT2D eigenvalue weighted by atomic mass is 19.1. The summed E-state index contributed by atoms with van der Waals surface area (Å²) >= 11 is 0. The number of allylic oxidation sites excluding steroid dienone is 1. The monoisotopic (exact) mass is 307 g/mol. The quantitative estimate of drug-likeness (QED) is 0.795. The smallest absolute Gasteiger partial charge is 0.128 e. The predicted molar refractivity (Wildman–Crippen MR) is 90.4 cm³/mol. The lowest BCUT2D eigenvalue weighted by atomic mass is 10.2. The summed E-state index contributed by atoms with van der Waals surface area (Å²) < 4.78 is 12.9. The number of piperazine rings is 1. The van der Waals surface area contributed by atoms with Crippen LogP contribution in [0.25, 0.3) is 0 Å². The van der Waals surface area contributed by atoms with Gasteiger partial charge in [0.25, 0.3) is 0 Å². The molecule has 1 aliphatic rings. The van der Waals surface area contributed by atoms with Gasteiger partial charge < -0.3 is 9.80 Å². The molecule has 0 bridgehead atoms. The van der Waals surface area contributed by atoms with Crippen LogP contribution in [0.4, 0.5) is 10.2 Å². The Balaban J connectivity index is 1.57. The van der Waals surface area contributed by atoms with Gasteiger partial charge in [-0.1, -0.05) is 18.6 Å². The van der Waals surface area contributed by atoms with E-state index in [0.29, 0.717) is 0 Å². The maximum atomic E-state index is 12.9. The second-order valence-electron chi connectivity index (χ2n) is 5.37. The zero-order valence-corrected chi connectivity index (χ0v) is 12.9. The van der Waals surface area contributed by atoms with Crippen LogP contribution in [0.15, 0.2) is 60.9 Å². The van der Waals surface area contributed by atoms with E-state index in [-0.39, 0.29) is 5.82 Å². The average molecular weight is 307 g/mol. The first-order valence-electron chi connectivity index (χ1n) is 7.60. The Labute approximate surface area is 136 Å². The van der Waals surface area contributed by atoms with Crippen LogP contribution in [0.1, 0.15) is 5.56 Å². The maximum absolute atomic E-state index is 12.9. The highest BCUT2D eigenvalue weighted by molar-refractivity contribution is 5.41. The second-order valence-corrected chi connectivity index (χ2v) is 5.37. The Morgan fingerprint density at radius 2 is 1.78 bits per heavy atom. The fourth-order valence-corrected chi connectivity index (χ4v) is 2.50. The van der Waals surface area contributed by atoms with Crippen LogP contribution in [0, 0.1) is 17.7 Å². The summed E-state index contributed by atoms with van der Waals surface area (Å²) in [5.74, 6) is 6.86. The van der Waals surface area contributed by atoms with Gasteiger partial charge in [0.1, 0.15) is 11.6 Å². The van der Waals surface area contributed by atoms with Gasteiger partial charge in [0.05, 0.1) is 5.70 Å². The molecule has 2 heterocycles. The average Bonchev–Trinajstić information content (AvgIpc) is 2.62. The van der Waals surface area contributed by atoms with Crippen molar-refractivity contribution < 1.29 is 4.39 Å². The van der Waals surface area contributed by atoms with E-state index in [1.165, 1.54) is 12.1 Å². The number of hydrogen-bond donors (Lipinski definition) is 0. The van der Waals surface area contributed by atoms with E-state index in [4.69, 9.17) is 0 Å². The van der Waals surface area contributed by atoms with Crippen molar-refractivity contribution in [1.82, 2.24) is 9.88 Å². The Bertz CT molecular complexity index is 721. The number of aromatic nitrogens is 1. The van der Waals surface area contributed by atoms with E-state index in [1.807, 2.05) is 24.4 Å². The molecule has 2 aromatic rings. The molecule has 1 saturated heterocycles. The van der Waals surface area contributed by atoms with Gasteiger partial charge in [-0.2, -0.15) is 0 Å². The molecular formula is C19H18FN3. The topological polar surface area (TPSA) is 19.4 Å². The zero-order chi connectivity index (χ0) is 16.1. The minimum absolute atomic E-state index is 0.250. The lowest BCUT2D eigenvalue weighted by Gasteiger charge is -2.36. The van der Waals surface area contributed by atoms with Crippen molar-refractivity contribution in [2.75, 3.05) is 31.1 Å². The number of nitrogens with zero attached hydrogens (tertiary/aromatic N) is 3. The van der Waals surface area contributed by atoms with Gasteiger partial charge in [0, 0.05) is 37.9 Å². The minimum Gasteiger partial charge on any atom is -0.362 e. The molecule has 0 saturated carbocycles. The number of hydrogen-bond acceptors (Lipinski definition) is 3. The first-order valence-corrected chi connectivity index (χ1v) is 7.60. The summed E-state index contributed by atoms with van der Waals surface area (Å²) in [7, 11) is 0. The third-order valence-electron chi connectivity index (χ3n) is 3.83. The molecule has 0 atom stereocenters. The van der Waals surface area contributed by atoms with Crippen molar-refractivity contribution >= 4 is 5.82 Å². The van der Waals surface area contributed by atoms with Gasteiger partial charge in [-0.3, -0.25) is 0 Å². The summed E-state index contributed by atoms with van der Waals surface area (Å²) in [6, 6.07) is 12.1. The Kier molecular flexibility index (Phi) is 4.58. The number of pyridine rings is 1. The summed E-state index contributed by atoms with van der Waals surface area (Å²) in [6.07, 6.45) is 1.81. The molecule has 1 aromatic carbocycles. The Morgan fingerprint density at radius 3 is 2.43 bits per heavy atom. The van der Waals surface area contributed by atoms with Gasteiger partial charge in [-0.15, -0.1) is 0 Å². The SMILES string of the molecule is C=C(C#Cc1ccc(F)cc1)N1CCN(c2ccccn2)CC1.